The van der Waals surface area contributed by atoms with E-state index in [0.29, 0.717) is 6.04 Å². The first-order valence-electron chi connectivity index (χ1n) is 8.80. The van der Waals surface area contributed by atoms with Crippen molar-refractivity contribution in [2.75, 3.05) is 5.32 Å². The molecule has 0 unspecified atom stereocenters. The zero-order valence-corrected chi connectivity index (χ0v) is 15.9. The van der Waals surface area contributed by atoms with Crippen LogP contribution in [0.1, 0.15) is 31.9 Å². The number of nitrogens with one attached hydrogen (secondary N) is 2. The molecule has 3 nitrogen and oxygen atoms in total. The van der Waals surface area contributed by atoms with Gasteiger partial charge < -0.3 is 15.2 Å². The van der Waals surface area contributed by atoms with Crippen LogP contribution in [0.15, 0.2) is 54.7 Å². The fourth-order valence-electron chi connectivity index (χ4n) is 3.07. The van der Waals surface area contributed by atoms with Crippen LogP contribution in [-0.2, 0) is 13.0 Å². The van der Waals surface area contributed by atoms with Gasteiger partial charge in [-0.1, -0.05) is 43.3 Å². The number of thiocarbonyl (C=S) groups is 1. The third kappa shape index (κ3) is 3.85. The monoisotopic (exact) mass is 351 g/mol. The molecule has 25 heavy (non-hydrogen) atoms. The molecular weight excluding hydrogens is 326 g/mol. The van der Waals surface area contributed by atoms with Crippen LogP contribution in [0.2, 0.25) is 0 Å². The summed E-state index contributed by atoms with van der Waals surface area (Å²) >= 11 is 5.74. The zero-order chi connectivity index (χ0) is 17.8. The molecule has 0 atom stereocenters. The summed E-state index contributed by atoms with van der Waals surface area (Å²) in [6, 6.07) is 17.0. The van der Waals surface area contributed by atoms with E-state index in [1.807, 2.05) is 6.07 Å². The Labute approximate surface area is 155 Å². The molecule has 1 aromatic heterocycles. The van der Waals surface area contributed by atoms with Crippen LogP contribution in [0.4, 0.5) is 5.69 Å². The molecule has 0 fully saturated rings. The van der Waals surface area contributed by atoms with Gasteiger partial charge in [-0.15, -0.1) is 0 Å². The molecule has 0 amide bonds. The van der Waals surface area contributed by atoms with E-state index in [1.165, 1.54) is 16.5 Å². The van der Waals surface area contributed by atoms with Crippen LogP contribution in [0, 0.1) is 0 Å². The second-order valence-corrected chi connectivity index (χ2v) is 6.91. The number of nitrogens with zero attached hydrogens (tertiary/aromatic N) is 1. The van der Waals surface area contributed by atoms with E-state index in [0.717, 1.165) is 29.3 Å². The standard InChI is InChI=1S/C21H25N3S/c1-4-16-9-5-7-11-19(16)23-21(25)24(15(2)3)14-17-13-22-20-12-8-6-10-18(17)20/h5-13,15,22H,4,14H2,1-3H3,(H,23,25). The SMILES string of the molecule is CCc1ccccc1NC(=S)N(Cc1c[nH]c2ccccc12)C(C)C. The second kappa shape index (κ2) is 7.70. The molecule has 0 saturated heterocycles. The van der Waals surface area contributed by atoms with Gasteiger partial charge in [0.25, 0.3) is 0 Å². The largest absolute Gasteiger partial charge is 0.361 e. The quantitative estimate of drug-likeness (QED) is 0.609. The molecule has 0 aliphatic heterocycles. The molecule has 0 aliphatic carbocycles. The van der Waals surface area contributed by atoms with Crippen molar-refractivity contribution in [3.05, 3.63) is 65.9 Å². The van der Waals surface area contributed by atoms with Gasteiger partial charge in [0.2, 0.25) is 0 Å². The summed E-state index contributed by atoms with van der Waals surface area (Å²) < 4.78 is 0. The number of aromatic amines is 1. The van der Waals surface area contributed by atoms with Crippen LogP contribution in [0.25, 0.3) is 10.9 Å². The molecule has 0 spiro atoms. The van der Waals surface area contributed by atoms with E-state index in [-0.39, 0.29) is 0 Å². The van der Waals surface area contributed by atoms with Crippen LogP contribution < -0.4 is 5.32 Å². The van der Waals surface area contributed by atoms with Gasteiger partial charge in [0, 0.05) is 35.4 Å². The maximum atomic E-state index is 5.74. The van der Waals surface area contributed by atoms with Crippen LogP contribution in [0.3, 0.4) is 0 Å². The maximum Gasteiger partial charge on any atom is 0.173 e. The molecule has 0 saturated carbocycles. The average Bonchev–Trinajstić information content (AvgIpc) is 3.02. The van der Waals surface area contributed by atoms with E-state index >= 15 is 0 Å². The number of aromatic nitrogens is 1. The van der Waals surface area contributed by atoms with Crippen LogP contribution >= 0.6 is 12.2 Å². The number of aryl methyl sites for hydroxylation is 1. The smallest absolute Gasteiger partial charge is 0.173 e. The van der Waals surface area contributed by atoms with Gasteiger partial charge in [-0.05, 0) is 55.7 Å². The Bertz CT molecular complexity index is 866. The van der Waals surface area contributed by atoms with Gasteiger partial charge in [-0.25, -0.2) is 0 Å². The highest BCUT2D eigenvalue weighted by Crippen LogP contribution is 2.22. The molecule has 4 heteroatoms. The first kappa shape index (κ1) is 17.5. The normalized spacial score (nSPS) is 11.0. The Morgan fingerprint density at radius 2 is 1.80 bits per heavy atom. The van der Waals surface area contributed by atoms with Crippen molar-refractivity contribution in [1.82, 2.24) is 9.88 Å². The van der Waals surface area contributed by atoms with Crippen LogP contribution in [-0.4, -0.2) is 21.0 Å². The average molecular weight is 352 g/mol. The summed E-state index contributed by atoms with van der Waals surface area (Å²) in [6.07, 6.45) is 3.07. The van der Waals surface area contributed by atoms with Crippen molar-refractivity contribution >= 4 is 33.9 Å². The van der Waals surface area contributed by atoms with E-state index in [2.05, 4.69) is 84.6 Å². The highest BCUT2D eigenvalue weighted by molar-refractivity contribution is 7.80. The minimum absolute atomic E-state index is 0.308. The van der Waals surface area contributed by atoms with Crippen molar-refractivity contribution in [2.45, 2.75) is 39.8 Å². The summed E-state index contributed by atoms with van der Waals surface area (Å²) in [5.74, 6) is 0. The lowest BCUT2D eigenvalue weighted by atomic mass is 10.1. The van der Waals surface area contributed by atoms with Gasteiger partial charge in [0.05, 0.1) is 0 Å². The fraction of sp³-hybridized carbons (Fsp3) is 0.286. The van der Waals surface area contributed by atoms with E-state index in [4.69, 9.17) is 12.2 Å². The molecule has 3 aromatic rings. The number of anilines is 1. The first-order valence-corrected chi connectivity index (χ1v) is 9.21. The Kier molecular flexibility index (Phi) is 5.39. The lowest BCUT2D eigenvalue weighted by Gasteiger charge is -2.30. The number of benzene rings is 2. The topological polar surface area (TPSA) is 31.1 Å². The summed E-state index contributed by atoms with van der Waals surface area (Å²) in [5.41, 5.74) is 4.80. The van der Waals surface area contributed by atoms with Crippen molar-refractivity contribution in [1.29, 1.82) is 0 Å². The number of hydrogen-bond donors (Lipinski definition) is 2. The summed E-state index contributed by atoms with van der Waals surface area (Å²) in [5, 5.41) is 5.47. The molecule has 130 valence electrons. The zero-order valence-electron chi connectivity index (χ0n) is 15.0. The van der Waals surface area contributed by atoms with Crippen molar-refractivity contribution in [3.63, 3.8) is 0 Å². The van der Waals surface area contributed by atoms with Crippen molar-refractivity contribution in [2.24, 2.45) is 0 Å². The summed E-state index contributed by atoms with van der Waals surface area (Å²) in [4.78, 5) is 5.58. The highest BCUT2D eigenvalue weighted by atomic mass is 32.1. The van der Waals surface area contributed by atoms with Crippen molar-refractivity contribution in [3.8, 4) is 0 Å². The molecule has 0 radical (unpaired) electrons. The number of rotatable bonds is 5. The van der Waals surface area contributed by atoms with Gasteiger partial charge in [-0.3, -0.25) is 0 Å². The Morgan fingerprint density at radius 1 is 1.08 bits per heavy atom. The molecule has 1 heterocycles. The number of H-pyrrole nitrogens is 1. The fourth-order valence-corrected chi connectivity index (χ4v) is 3.46. The second-order valence-electron chi connectivity index (χ2n) is 6.52. The summed E-state index contributed by atoms with van der Waals surface area (Å²) in [6.45, 7) is 7.29. The molecular formula is C21H25N3S. The minimum Gasteiger partial charge on any atom is -0.361 e. The number of hydrogen-bond acceptors (Lipinski definition) is 1. The lowest BCUT2D eigenvalue weighted by Crippen LogP contribution is -2.39. The predicted octanol–water partition coefficient (Wildman–Crippen LogP) is 5.34. The Balaban J connectivity index is 1.82. The van der Waals surface area contributed by atoms with Gasteiger partial charge >= 0.3 is 0 Å². The molecule has 2 N–H and O–H groups in total. The maximum absolute atomic E-state index is 5.74. The highest BCUT2D eigenvalue weighted by Gasteiger charge is 2.17. The first-order chi connectivity index (χ1) is 12.1. The predicted molar refractivity (Wildman–Crippen MR) is 111 cm³/mol. The molecule has 0 aliphatic rings. The molecule has 3 rings (SSSR count). The summed E-state index contributed by atoms with van der Waals surface area (Å²) in [7, 11) is 0. The van der Waals surface area contributed by atoms with Gasteiger partial charge in [0.1, 0.15) is 0 Å². The number of para-hydroxylation sites is 2. The van der Waals surface area contributed by atoms with Gasteiger partial charge in [-0.2, -0.15) is 0 Å². The van der Waals surface area contributed by atoms with Gasteiger partial charge in [0.15, 0.2) is 5.11 Å². The third-order valence-corrected chi connectivity index (χ3v) is 4.88. The lowest BCUT2D eigenvalue weighted by molar-refractivity contribution is 0.349. The van der Waals surface area contributed by atoms with E-state index in [9.17, 15) is 0 Å². The molecule has 2 aromatic carbocycles. The number of fused-ring (bicyclic) bond motifs is 1. The van der Waals surface area contributed by atoms with Crippen molar-refractivity contribution < 1.29 is 0 Å². The Morgan fingerprint density at radius 3 is 2.56 bits per heavy atom. The van der Waals surface area contributed by atoms with Crippen LogP contribution in [0.5, 0.6) is 0 Å². The van der Waals surface area contributed by atoms with E-state index < -0.39 is 0 Å². The minimum atomic E-state index is 0.308. The van der Waals surface area contributed by atoms with E-state index in [1.54, 1.807) is 0 Å². The Hall–Kier alpha value is -2.33. The third-order valence-electron chi connectivity index (χ3n) is 4.54. The molecule has 0 bridgehead atoms.